The summed E-state index contributed by atoms with van der Waals surface area (Å²) in [7, 11) is 0. The van der Waals surface area contributed by atoms with Gasteiger partial charge in [-0.25, -0.2) is 13.5 Å². The third-order valence-electron chi connectivity index (χ3n) is 4.11. The third kappa shape index (κ3) is 2.76. The molecule has 118 valence electrons. The Balaban J connectivity index is 1.51. The fourth-order valence-electron chi connectivity index (χ4n) is 2.82. The highest BCUT2D eigenvalue weighted by Crippen LogP contribution is 2.45. The van der Waals surface area contributed by atoms with Crippen LogP contribution in [0, 0.1) is 0 Å². The molecule has 1 saturated carbocycles. The number of hydrogen-bond donors (Lipinski definition) is 0. The maximum absolute atomic E-state index is 13.0. The summed E-state index contributed by atoms with van der Waals surface area (Å²) in [5.41, 5.74) is 2.50. The van der Waals surface area contributed by atoms with Gasteiger partial charge in [0.15, 0.2) is 0 Å². The van der Waals surface area contributed by atoms with Gasteiger partial charge in [0.1, 0.15) is 17.9 Å². The summed E-state index contributed by atoms with van der Waals surface area (Å²) in [4.78, 5) is 0. The van der Waals surface area contributed by atoms with E-state index in [0.29, 0.717) is 17.9 Å². The second-order valence-corrected chi connectivity index (χ2v) is 5.88. The van der Waals surface area contributed by atoms with E-state index in [4.69, 9.17) is 4.74 Å². The van der Waals surface area contributed by atoms with Gasteiger partial charge >= 0.3 is 0 Å². The molecule has 0 saturated heterocycles. The summed E-state index contributed by atoms with van der Waals surface area (Å²) < 4.78 is 33.4. The molecule has 0 aliphatic heterocycles. The van der Waals surface area contributed by atoms with Crippen LogP contribution in [0.4, 0.5) is 8.78 Å². The fourth-order valence-corrected chi connectivity index (χ4v) is 2.82. The van der Waals surface area contributed by atoms with Gasteiger partial charge < -0.3 is 4.74 Å². The first-order valence-corrected chi connectivity index (χ1v) is 7.50. The van der Waals surface area contributed by atoms with Gasteiger partial charge in [-0.1, -0.05) is 35.5 Å². The highest BCUT2D eigenvalue weighted by Gasteiger charge is 2.47. The van der Waals surface area contributed by atoms with Gasteiger partial charge in [0.05, 0.1) is 11.6 Å². The zero-order valence-corrected chi connectivity index (χ0v) is 12.3. The Bertz CT molecular complexity index is 824. The maximum Gasteiger partial charge on any atom is 0.252 e. The van der Waals surface area contributed by atoms with E-state index < -0.39 is 5.92 Å². The molecule has 0 bridgehead atoms. The minimum atomic E-state index is -2.57. The molecule has 4 rings (SSSR count). The largest absolute Gasteiger partial charge is 0.489 e. The second kappa shape index (κ2) is 5.30. The van der Waals surface area contributed by atoms with E-state index in [1.807, 2.05) is 42.5 Å². The average Bonchev–Trinajstić information content (AvgIpc) is 2.94. The number of hydrogen-bond acceptors (Lipinski definition) is 3. The van der Waals surface area contributed by atoms with Crippen LogP contribution in [0.3, 0.4) is 0 Å². The molecule has 0 radical (unpaired) electrons. The quantitative estimate of drug-likeness (QED) is 0.731. The molecular formula is C17H15F2N3O. The molecule has 6 heteroatoms. The third-order valence-corrected chi connectivity index (χ3v) is 4.11. The van der Waals surface area contributed by atoms with Crippen LogP contribution < -0.4 is 4.74 Å². The number of rotatable bonds is 4. The molecule has 0 N–H and O–H groups in total. The number of halogens is 2. The zero-order chi connectivity index (χ0) is 15.9. The fraction of sp³-hybridized carbons (Fsp3) is 0.294. The molecule has 0 amide bonds. The Labute approximate surface area is 131 Å². The normalized spacial score (nSPS) is 17.1. The lowest BCUT2D eigenvalue weighted by atomic mass is 9.88. The van der Waals surface area contributed by atoms with Gasteiger partial charge in [0, 0.05) is 18.9 Å². The molecule has 0 unspecified atom stereocenters. The Morgan fingerprint density at radius 1 is 1.13 bits per heavy atom. The topological polar surface area (TPSA) is 39.9 Å². The van der Waals surface area contributed by atoms with E-state index in [9.17, 15) is 8.78 Å². The molecule has 4 nitrogen and oxygen atoms in total. The van der Waals surface area contributed by atoms with E-state index in [2.05, 4.69) is 10.3 Å². The summed E-state index contributed by atoms with van der Waals surface area (Å²) in [5.74, 6) is -1.88. The minimum absolute atomic E-state index is 0.169. The van der Waals surface area contributed by atoms with Gasteiger partial charge in [-0.05, 0) is 17.7 Å². The number of aromatic nitrogens is 3. The van der Waals surface area contributed by atoms with E-state index in [1.54, 1.807) is 10.7 Å². The van der Waals surface area contributed by atoms with E-state index in [0.717, 1.165) is 11.1 Å². The van der Waals surface area contributed by atoms with Crippen LogP contribution in [0.5, 0.6) is 5.75 Å². The van der Waals surface area contributed by atoms with Gasteiger partial charge in [-0.2, -0.15) is 0 Å². The highest BCUT2D eigenvalue weighted by atomic mass is 19.3. The van der Waals surface area contributed by atoms with E-state index in [-0.39, 0.29) is 18.9 Å². The highest BCUT2D eigenvalue weighted by molar-refractivity contribution is 5.76. The Morgan fingerprint density at radius 2 is 1.91 bits per heavy atom. The molecular weight excluding hydrogens is 300 g/mol. The average molecular weight is 315 g/mol. The predicted octanol–water partition coefficient (Wildman–Crippen LogP) is 3.98. The number of fused-ring (bicyclic) bond motifs is 1. The molecule has 2 aromatic carbocycles. The van der Waals surface area contributed by atoms with Crippen molar-refractivity contribution in [1.82, 2.24) is 15.0 Å². The Hall–Kier alpha value is -2.50. The molecule has 3 aromatic rings. The Kier molecular flexibility index (Phi) is 3.25. The summed E-state index contributed by atoms with van der Waals surface area (Å²) >= 11 is 0. The summed E-state index contributed by atoms with van der Waals surface area (Å²) in [5, 5.41) is 8.09. The lowest BCUT2D eigenvalue weighted by Crippen LogP contribution is -2.37. The molecule has 23 heavy (non-hydrogen) atoms. The monoisotopic (exact) mass is 315 g/mol. The molecule has 0 atom stereocenters. The van der Waals surface area contributed by atoms with Crippen LogP contribution in [0.2, 0.25) is 0 Å². The minimum Gasteiger partial charge on any atom is -0.489 e. The lowest BCUT2D eigenvalue weighted by molar-refractivity contribution is -0.106. The van der Waals surface area contributed by atoms with Gasteiger partial charge in [-0.15, -0.1) is 5.10 Å². The van der Waals surface area contributed by atoms with Crippen molar-refractivity contribution in [3.63, 3.8) is 0 Å². The van der Waals surface area contributed by atoms with E-state index >= 15 is 0 Å². The van der Waals surface area contributed by atoms with Crippen molar-refractivity contribution in [2.45, 2.75) is 31.4 Å². The van der Waals surface area contributed by atoms with Crippen LogP contribution >= 0.6 is 0 Å². The van der Waals surface area contributed by atoms with Crippen LogP contribution in [0.25, 0.3) is 11.0 Å². The summed E-state index contributed by atoms with van der Waals surface area (Å²) in [6.45, 7) is 0.468. The smallest absolute Gasteiger partial charge is 0.252 e. The van der Waals surface area contributed by atoms with Crippen molar-refractivity contribution in [3.8, 4) is 5.75 Å². The van der Waals surface area contributed by atoms with Gasteiger partial charge in [0.2, 0.25) is 0 Å². The van der Waals surface area contributed by atoms with E-state index in [1.165, 1.54) is 0 Å². The lowest BCUT2D eigenvalue weighted by Gasteiger charge is -2.34. The molecule has 1 aliphatic carbocycles. The zero-order valence-electron chi connectivity index (χ0n) is 12.3. The first kappa shape index (κ1) is 14.1. The maximum atomic E-state index is 13.0. The van der Waals surface area contributed by atoms with Crippen LogP contribution in [-0.2, 0) is 6.61 Å². The predicted molar refractivity (Wildman–Crippen MR) is 81.5 cm³/mol. The number of alkyl halides is 2. The van der Waals surface area contributed by atoms with Crippen LogP contribution in [0.1, 0.15) is 24.4 Å². The summed E-state index contributed by atoms with van der Waals surface area (Å²) in [6.07, 6.45) is -0.338. The SMILES string of the molecule is FC1(F)CC(n2nnc3cc(OCc4ccccc4)ccc32)C1. The number of ether oxygens (including phenoxy) is 1. The van der Waals surface area contributed by atoms with Crippen LogP contribution in [-0.4, -0.2) is 20.9 Å². The Morgan fingerprint density at radius 3 is 2.65 bits per heavy atom. The standard InChI is InChI=1S/C17H15F2N3O/c18-17(19)9-13(10-17)22-16-7-6-14(8-15(16)20-21-22)23-11-12-4-2-1-3-5-12/h1-8,13H,9-11H2. The summed E-state index contributed by atoms with van der Waals surface area (Å²) in [6, 6.07) is 15.0. The first-order valence-electron chi connectivity index (χ1n) is 7.50. The van der Waals surface area contributed by atoms with Crippen molar-refractivity contribution in [2.75, 3.05) is 0 Å². The van der Waals surface area contributed by atoms with Crippen molar-refractivity contribution in [1.29, 1.82) is 0 Å². The first-order chi connectivity index (χ1) is 11.1. The molecule has 1 aromatic heterocycles. The van der Waals surface area contributed by atoms with Crippen molar-refractivity contribution in [3.05, 3.63) is 54.1 Å². The van der Waals surface area contributed by atoms with Gasteiger partial charge in [-0.3, -0.25) is 0 Å². The number of nitrogens with zero attached hydrogens (tertiary/aromatic N) is 3. The van der Waals surface area contributed by atoms with Crippen LogP contribution in [0.15, 0.2) is 48.5 Å². The van der Waals surface area contributed by atoms with Gasteiger partial charge in [0.25, 0.3) is 5.92 Å². The molecule has 1 aliphatic rings. The second-order valence-electron chi connectivity index (χ2n) is 5.88. The number of benzene rings is 2. The van der Waals surface area contributed by atoms with Crippen molar-refractivity contribution in [2.24, 2.45) is 0 Å². The molecule has 1 fully saturated rings. The van der Waals surface area contributed by atoms with Crippen molar-refractivity contribution >= 4 is 11.0 Å². The molecule has 1 heterocycles. The van der Waals surface area contributed by atoms with Crippen molar-refractivity contribution < 1.29 is 13.5 Å². The molecule has 0 spiro atoms.